The third kappa shape index (κ3) is 14.2. The second-order valence-electron chi connectivity index (χ2n) is 20.4. The number of methoxy groups -OCH3 is 3. The van der Waals surface area contributed by atoms with Crippen LogP contribution in [0.25, 0.3) is 0 Å². The lowest BCUT2D eigenvalue weighted by molar-refractivity contribution is -0.265. The van der Waals surface area contributed by atoms with Gasteiger partial charge in [0.1, 0.15) is 36.5 Å². The Morgan fingerprint density at radius 1 is 0.884 bits per heavy atom. The molecule has 0 aromatic carbocycles. The number of aliphatic hydroxyl groups is 2. The molecule has 2 bridgehead atoms. The maximum Gasteiger partial charge on any atom is 0.329 e. The number of carbonyl (C=O) groups excluding carboxylic acids is 5. The van der Waals surface area contributed by atoms with Crippen LogP contribution in [0.15, 0.2) is 53.9 Å². The van der Waals surface area contributed by atoms with Gasteiger partial charge < -0.3 is 38.8 Å². The number of hydrogen-bond donors (Lipinski definition) is 2. The molecule has 2 saturated heterocycles. The summed E-state index contributed by atoms with van der Waals surface area (Å²) in [6.45, 7) is 12.8. The number of allylic oxidation sites excluding steroid dienone is 6. The van der Waals surface area contributed by atoms with E-state index in [2.05, 4.69) is 15.5 Å². The Balaban J connectivity index is 1.46. The van der Waals surface area contributed by atoms with E-state index < -0.39 is 77.8 Å². The number of fused-ring (bicyclic) bond motifs is 3. The van der Waals surface area contributed by atoms with Crippen molar-refractivity contribution in [1.82, 2.24) is 25.1 Å². The van der Waals surface area contributed by atoms with Crippen LogP contribution in [-0.2, 0) is 47.7 Å². The summed E-state index contributed by atoms with van der Waals surface area (Å²) in [5.74, 6) is -7.92. The van der Waals surface area contributed by atoms with E-state index in [9.17, 15) is 34.2 Å². The molecule has 3 fully saturated rings. The summed E-state index contributed by atoms with van der Waals surface area (Å²) >= 11 is 0. The van der Waals surface area contributed by atoms with Crippen molar-refractivity contribution in [2.75, 3.05) is 27.9 Å². The molecule has 0 radical (unpaired) electrons. The van der Waals surface area contributed by atoms with Gasteiger partial charge in [-0.05, 0) is 117 Å². The summed E-state index contributed by atoms with van der Waals surface area (Å²) in [6.07, 6.45) is 13.9. The van der Waals surface area contributed by atoms with Crippen molar-refractivity contribution in [3.63, 3.8) is 0 Å². The normalized spacial score (nSPS) is 38.8. The Morgan fingerprint density at radius 2 is 1.64 bits per heavy atom. The van der Waals surface area contributed by atoms with Crippen LogP contribution in [0.1, 0.15) is 132 Å². The molecule has 384 valence electrons. The highest BCUT2D eigenvalue weighted by atomic mass is 16.6. The second kappa shape index (κ2) is 25.7. The van der Waals surface area contributed by atoms with E-state index in [1.54, 1.807) is 52.1 Å². The number of amides is 1. The fourth-order valence-electron chi connectivity index (χ4n) is 10.7. The SMILES string of the molecule is CO[C@H]1C[C@@H]2CC[C@@H](C)[C@@](O)(O2)C(=O)C(=O)N2CCCC[C@H]2C(=O)O[C@H]([C@H](C)C[C@@H]2CC[C@@H](n3cnnn3)[C@H](OC)C2)CC(=O)[C@H](C)/C=C(\C)[C@@H](O)[C@@H](OC)C(=O)[C@H](C)C[C@H](C)/C=C/C=C/C=C/1C. The van der Waals surface area contributed by atoms with E-state index in [4.69, 9.17) is 23.7 Å². The van der Waals surface area contributed by atoms with Crippen LogP contribution in [0.4, 0.5) is 0 Å². The minimum Gasteiger partial charge on any atom is -0.460 e. The molecular weight excluding hydrogens is 887 g/mol. The highest BCUT2D eigenvalue weighted by Crippen LogP contribution is 2.39. The number of carbonyl (C=O) groups is 5. The zero-order valence-corrected chi connectivity index (χ0v) is 42.5. The Kier molecular flexibility index (Phi) is 20.8. The van der Waals surface area contributed by atoms with Gasteiger partial charge in [-0.2, -0.15) is 0 Å². The molecule has 1 saturated carbocycles. The molecule has 1 aromatic rings. The summed E-state index contributed by atoms with van der Waals surface area (Å²) < 4.78 is 31.6. The number of hydrogen-bond acceptors (Lipinski definition) is 15. The van der Waals surface area contributed by atoms with E-state index in [1.807, 2.05) is 58.1 Å². The number of nitrogens with zero attached hydrogens (tertiary/aromatic N) is 5. The number of ketones is 3. The zero-order valence-electron chi connectivity index (χ0n) is 42.5. The number of esters is 1. The lowest BCUT2D eigenvalue weighted by atomic mass is 9.77. The van der Waals surface area contributed by atoms with Gasteiger partial charge in [0.05, 0.1) is 24.4 Å². The maximum atomic E-state index is 14.5. The van der Waals surface area contributed by atoms with Gasteiger partial charge in [0.15, 0.2) is 5.78 Å². The Morgan fingerprint density at radius 3 is 2.32 bits per heavy atom. The van der Waals surface area contributed by atoms with Crippen molar-refractivity contribution >= 4 is 29.2 Å². The molecule has 1 aliphatic carbocycles. The van der Waals surface area contributed by atoms with Gasteiger partial charge in [0.25, 0.3) is 11.7 Å². The topological polar surface area (TPSA) is 219 Å². The monoisotopic (exact) mass is 966 g/mol. The van der Waals surface area contributed by atoms with Gasteiger partial charge in [-0.25, -0.2) is 9.48 Å². The third-order valence-corrected chi connectivity index (χ3v) is 15.2. The lowest BCUT2D eigenvalue weighted by Crippen LogP contribution is -2.61. The van der Waals surface area contributed by atoms with E-state index in [-0.39, 0.29) is 60.9 Å². The summed E-state index contributed by atoms with van der Waals surface area (Å²) in [6, 6.07) is -1.19. The Bertz CT molecular complexity index is 2020. The zero-order chi connectivity index (χ0) is 50.6. The van der Waals surface area contributed by atoms with Gasteiger partial charge in [0.2, 0.25) is 5.79 Å². The van der Waals surface area contributed by atoms with Crippen molar-refractivity contribution < 1.29 is 57.9 Å². The van der Waals surface area contributed by atoms with Gasteiger partial charge >= 0.3 is 5.97 Å². The molecule has 15 atom stereocenters. The minimum absolute atomic E-state index is 0.0170. The molecule has 0 spiro atoms. The molecular formula is C52H79N5O12. The molecule has 3 aliphatic heterocycles. The summed E-state index contributed by atoms with van der Waals surface area (Å²) in [4.78, 5) is 72.3. The van der Waals surface area contributed by atoms with Crippen molar-refractivity contribution in [3.8, 4) is 0 Å². The minimum atomic E-state index is -2.43. The summed E-state index contributed by atoms with van der Waals surface area (Å²) in [5.41, 5.74) is 1.27. The Hall–Kier alpha value is -4.26. The second-order valence-corrected chi connectivity index (χ2v) is 20.4. The number of aliphatic hydroxyl groups excluding tert-OH is 1. The summed E-state index contributed by atoms with van der Waals surface area (Å²) in [5, 5.41) is 35.2. The molecule has 69 heavy (non-hydrogen) atoms. The Labute approximate surface area is 408 Å². The maximum absolute atomic E-state index is 14.5. The fourth-order valence-corrected chi connectivity index (χ4v) is 10.7. The van der Waals surface area contributed by atoms with Crippen LogP contribution in [0, 0.1) is 35.5 Å². The molecule has 4 heterocycles. The summed E-state index contributed by atoms with van der Waals surface area (Å²) in [7, 11) is 4.62. The van der Waals surface area contributed by atoms with Crippen molar-refractivity contribution in [2.24, 2.45) is 35.5 Å². The smallest absolute Gasteiger partial charge is 0.329 e. The molecule has 17 heteroatoms. The van der Waals surface area contributed by atoms with Crippen LogP contribution < -0.4 is 0 Å². The number of tetrazole rings is 1. The fraction of sp³-hybridized carbons (Fsp3) is 0.731. The molecule has 0 unspecified atom stereocenters. The highest BCUT2D eigenvalue weighted by Gasteiger charge is 2.53. The predicted octanol–water partition coefficient (Wildman–Crippen LogP) is 6.05. The first-order valence-corrected chi connectivity index (χ1v) is 25.0. The van der Waals surface area contributed by atoms with Crippen molar-refractivity contribution in [1.29, 1.82) is 0 Å². The van der Waals surface area contributed by atoms with E-state index in [1.165, 1.54) is 12.0 Å². The molecule has 17 nitrogen and oxygen atoms in total. The molecule has 2 N–H and O–H groups in total. The van der Waals surface area contributed by atoms with Crippen molar-refractivity contribution in [2.45, 2.75) is 180 Å². The van der Waals surface area contributed by atoms with E-state index in [0.29, 0.717) is 56.9 Å². The quantitative estimate of drug-likeness (QED) is 0.181. The average molecular weight is 966 g/mol. The van der Waals surface area contributed by atoms with Crippen molar-refractivity contribution in [3.05, 3.63) is 53.9 Å². The molecule has 4 aliphatic rings. The predicted molar refractivity (Wildman–Crippen MR) is 256 cm³/mol. The van der Waals surface area contributed by atoms with Crippen LogP contribution in [0.3, 0.4) is 0 Å². The highest BCUT2D eigenvalue weighted by molar-refractivity contribution is 6.39. The van der Waals surface area contributed by atoms with Gasteiger partial charge in [-0.1, -0.05) is 71.1 Å². The number of piperidine rings is 1. The first-order valence-electron chi connectivity index (χ1n) is 25.0. The standard InChI is InChI=1S/C52H79N5O12/c1-31-16-12-11-13-17-32(2)43(65-8)28-39-21-19-37(7)52(64,69-39)49(61)50(62)56-23-15-14-18-41(56)51(63)68-44(34(4)26-38-20-22-40(45(27-38)66-9)57-30-53-54-55-57)29-42(58)33(3)25-36(6)47(60)48(67-10)46(59)35(5)24-31/h11-13,16-17,25,30-31,33-35,37-41,43-45,47-48,60,64H,14-15,18-24,26-29H2,1-10H3/b13-11+,16-12+,32-17+,36-25+/t31-,33-,34-,35-,37-,38+,39+,40-,41+,43+,44+,45-,47-,48+,52-/m1/s1. The van der Waals surface area contributed by atoms with Crippen LogP contribution in [0.2, 0.25) is 0 Å². The molecule has 5 rings (SSSR count). The largest absolute Gasteiger partial charge is 0.460 e. The number of rotatable bonds is 7. The number of aromatic nitrogens is 4. The third-order valence-electron chi connectivity index (χ3n) is 15.2. The number of Topliss-reactive ketones (excluding diaryl/α,β-unsaturated/α-hetero) is 3. The number of ether oxygens (including phenoxy) is 5. The lowest BCUT2D eigenvalue weighted by Gasteiger charge is -2.42. The number of cyclic esters (lactones) is 1. The van der Waals surface area contributed by atoms with Crippen LogP contribution >= 0.6 is 0 Å². The van der Waals surface area contributed by atoms with Crippen LogP contribution in [-0.4, -0.2) is 141 Å². The average Bonchev–Trinajstić information content (AvgIpc) is 3.88. The van der Waals surface area contributed by atoms with E-state index in [0.717, 1.165) is 18.4 Å². The van der Waals surface area contributed by atoms with Gasteiger partial charge in [-0.3, -0.25) is 19.2 Å². The first-order chi connectivity index (χ1) is 32.8. The molecule has 1 amide bonds. The van der Waals surface area contributed by atoms with Gasteiger partial charge in [-0.15, -0.1) is 5.10 Å². The first kappa shape index (κ1) is 55.7. The molecule has 1 aromatic heterocycles. The van der Waals surface area contributed by atoms with Crippen LogP contribution in [0.5, 0.6) is 0 Å². The van der Waals surface area contributed by atoms with Gasteiger partial charge in [0, 0.05) is 58.5 Å². The van der Waals surface area contributed by atoms with E-state index >= 15 is 0 Å².